The maximum atomic E-state index is 11.9. The molecule has 68 heavy (non-hydrogen) atoms. The molecule has 2 atom stereocenters. The number of non-ortho nitro benzene ring substituents is 2. The molecule has 2 heterocycles. The minimum atomic E-state index is -1.41. The van der Waals surface area contributed by atoms with Crippen LogP contribution in [0.4, 0.5) is 32.3 Å². The van der Waals surface area contributed by atoms with E-state index in [1.54, 1.807) is 69.2 Å². The number of imidazole rings is 2. The molecule has 0 fully saturated rings. The standard InChI is InChI=1S/2C17H19N5O8.2C3H8O/c1-17(2,3)30-16(25)19-12(15(23)24)6-10-8-20(9-18-10)13-5-4-11(21(26)27)7-14(13)22(28)29;1-17(2,3)30-16(25)19-12(15(23)24)6-11-8-18-9-20(11)13-5-4-10(21(26)27)7-14(13)22(28)29;2*1-3(2)4/h2*4-5,7-9,12H,6H2,1-3H3,(H,19,25)(H,23,24);2*3-4H,1-2H3/t2*12-;;/m00../s1. The number of carboxylic acid groups (broad SMARTS) is 2. The van der Waals surface area contributed by atoms with E-state index in [2.05, 4.69) is 20.6 Å². The second-order valence-corrected chi connectivity index (χ2v) is 16.6. The smallest absolute Gasteiger partial charge is 0.408 e. The molecule has 28 nitrogen and oxygen atoms in total. The van der Waals surface area contributed by atoms with Crippen LogP contribution in [0.3, 0.4) is 0 Å². The average molecular weight is 963 g/mol. The number of aliphatic carboxylic acids is 2. The van der Waals surface area contributed by atoms with Crippen LogP contribution in [0.25, 0.3) is 11.4 Å². The van der Waals surface area contributed by atoms with Crippen molar-refractivity contribution in [2.45, 2.75) is 118 Å². The van der Waals surface area contributed by atoms with Crippen molar-refractivity contribution in [3.05, 3.63) is 113 Å². The summed E-state index contributed by atoms with van der Waals surface area (Å²) < 4.78 is 12.6. The highest BCUT2D eigenvalue weighted by atomic mass is 16.6. The number of aliphatic hydroxyl groups is 2. The number of benzene rings is 2. The van der Waals surface area contributed by atoms with Gasteiger partial charge in [0.05, 0.1) is 50.2 Å². The second-order valence-electron chi connectivity index (χ2n) is 16.6. The van der Waals surface area contributed by atoms with Gasteiger partial charge in [0.2, 0.25) is 0 Å². The fourth-order valence-electron chi connectivity index (χ4n) is 4.97. The Bertz CT molecular complexity index is 2410. The number of nitro benzene ring substituents is 4. The molecule has 6 N–H and O–H groups in total. The van der Waals surface area contributed by atoms with Gasteiger partial charge in [0, 0.05) is 55.3 Å². The number of carboxylic acids is 2. The van der Waals surface area contributed by atoms with Gasteiger partial charge in [-0.05, 0) is 81.4 Å². The Morgan fingerprint density at radius 1 is 0.662 bits per heavy atom. The summed E-state index contributed by atoms with van der Waals surface area (Å²) >= 11 is 0. The molecule has 0 spiro atoms. The van der Waals surface area contributed by atoms with Crippen molar-refractivity contribution < 1.29 is 68.8 Å². The van der Waals surface area contributed by atoms with Crippen molar-refractivity contribution in [3.63, 3.8) is 0 Å². The number of nitro groups is 4. The zero-order valence-corrected chi connectivity index (χ0v) is 38.6. The Kier molecular flexibility index (Phi) is 21.7. The van der Waals surface area contributed by atoms with E-state index in [0.29, 0.717) is 0 Å². The number of ether oxygens (including phenoxy) is 2. The Balaban J connectivity index is 0.000000587. The number of hydrogen-bond donors (Lipinski definition) is 6. The summed E-state index contributed by atoms with van der Waals surface area (Å²) in [6.45, 7) is 16.6. The molecule has 0 saturated heterocycles. The zero-order chi connectivity index (χ0) is 52.4. The van der Waals surface area contributed by atoms with Crippen LogP contribution in [0.2, 0.25) is 0 Å². The summed E-state index contributed by atoms with van der Waals surface area (Å²) in [4.78, 5) is 96.1. The third-order valence-corrected chi connectivity index (χ3v) is 7.43. The molecule has 0 aliphatic heterocycles. The Labute approximate surface area is 387 Å². The molecule has 2 amide bonds. The van der Waals surface area contributed by atoms with Crippen LogP contribution >= 0.6 is 0 Å². The first-order valence-corrected chi connectivity index (χ1v) is 19.9. The number of carbonyl (C=O) groups excluding carboxylic acids is 2. The lowest BCUT2D eigenvalue weighted by Gasteiger charge is -2.22. The first-order valence-electron chi connectivity index (χ1n) is 19.9. The van der Waals surface area contributed by atoms with E-state index in [1.165, 1.54) is 46.3 Å². The largest absolute Gasteiger partial charge is 0.480 e. The van der Waals surface area contributed by atoms with E-state index in [9.17, 15) is 69.8 Å². The minimum Gasteiger partial charge on any atom is -0.480 e. The van der Waals surface area contributed by atoms with Crippen molar-refractivity contribution in [1.29, 1.82) is 0 Å². The Morgan fingerprint density at radius 3 is 1.44 bits per heavy atom. The molecule has 28 heteroatoms. The van der Waals surface area contributed by atoms with Gasteiger partial charge in [0.25, 0.3) is 22.7 Å². The van der Waals surface area contributed by atoms with Gasteiger partial charge in [-0.25, -0.2) is 29.1 Å². The monoisotopic (exact) mass is 962 g/mol. The predicted octanol–water partition coefficient (Wildman–Crippen LogP) is 5.19. The van der Waals surface area contributed by atoms with Gasteiger partial charge in [-0.3, -0.25) is 49.6 Å². The van der Waals surface area contributed by atoms with Crippen molar-refractivity contribution in [2.24, 2.45) is 0 Å². The molecule has 2 aromatic carbocycles. The third kappa shape index (κ3) is 20.8. The van der Waals surface area contributed by atoms with Crippen LogP contribution < -0.4 is 10.6 Å². The predicted molar refractivity (Wildman–Crippen MR) is 237 cm³/mol. The number of carbonyl (C=O) groups is 4. The number of nitrogens with zero attached hydrogens (tertiary/aromatic N) is 8. The molecule has 372 valence electrons. The van der Waals surface area contributed by atoms with Gasteiger partial charge in [0.1, 0.15) is 34.7 Å². The SMILES string of the molecule is CC(C)(C)OC(=O)N[C@@H](Cc1cn(-c2ccc([N+](=O)[O-])cc2[N+](=O)[O-])cn1)C(=O)O.CC(C)(C)OC(=O)N[C@@H](Cc1cncn1-c1ccc([N+](=O)[O-])cc1[N+](=O)[O-])C(=O)O.CC(C)O.CC(C)O. The lowest BCUT2D eigenvalue weighted by molar-refractivity contribution is -0.394. The third-order valence-electron chi connectivity index (χ3n) is 7.43. The van der Waals surface area contributed by atoms with E-state index >= 15 is 0 Å². The maximum Gasteiger partial charge on any atom is 0.408 e. The summed E-state index contributed by atoms with van der Waals surface area (Å²) in [7, 11) is 0. The summed E-state index contributed by atoms with van der Waals surface area (Å²) in [6.07, 6.45) is 2.33. The molecule has 4 aromatic rings. The van der Waals surface area contributed by atoms with E-state index in [4.69, 9.17) is 19.7 Å². The van der Waals surface area contributed by atoms with Crippen LogP contribution in [0.15, 0.2) is 61.4 Å². The number of aliphatic hydroxyl groups excluding tert-OH is 2. The molecule has 4 rings (SSSR count). The van der Waals surface area contributed by atoms with E-state index < -0.39 is 89.9 Å². The molecular weight excluding hydrogens is 908 g/mol. The minimum absolute atomic E-state index is 0.0105. The lowest BCUT2D eigenvalue weighted by Crippen LogP contribution is -2.44. The Hall–Kier alpha value is -8.14. The second kappa shape index (κ2) is 25.5. The highest BCUT2D eigenvalue weighted by molar-refractivity contribution is 5.81. The van der Waals surface area contributed by atoms with Crippen LogP contribution in [-0.2, 0) is 31.9 Å². The first-order chi connectivity index (χ1) is 31.2. The first kappa shape index (κ1) is 57.9. The van der Waals surface area contributed by atoms with Crippen LogP contribution in [0, 0.1) is 40.5 Å². The van der Waals surface area contributed by atoms with Crippen molar-refractivity contribution in [2.75, 3.05) is 0 Å². The number of rotatable bonds is 14. The molecule has 0 aliphatic rings. The van der Waals surface area contributed by atoms with Gasteiger partial charge in [-0.15, -0.1) is 0 Å². The van der Waals surface area contributed by atoms with Crippen LogP contribution in [0.1, 0.15) is 80.6 Å². The highest BCUT2D eigenvalue weighted by Gasteiger charge is 2.29. The molecule has 0 unspecified atom stereocenters. The number of aromatic nitrogens is 4. The summed E-state index contributed by atoms with van der Waals surface area (Å²) in [5.41, 5.74) is -3.25. The van der Waals surface area contributed by atoms with Crippen molar-refractivity contribution in [3.8, 4) is 11.4 Å². The van der Waals surface area contributed by atoms with E-state index in [-0.39, 0.29) is 47.8 Å². The molecule has 0 radical (unpaired) electrons. The topological polar surface area (TPSA) is 400 Å². The molecular formula is C40H54N10O18. The van der Waals surface area contributed by atoms with Gasteiger partial charge in [0.15, 0.2) is 0 Å². The highest BCUT2D eigenvalue weighted by Crippen LogP contribution is 2.30. The Morgan fingerprint density at radius 2 is 1.06 bits per heavy atom. The van der Waals surface area contributed by atoms with Crippen LogP contribution in [-0.4, -0.2) is 119 Å². The number of amides is 2. The van der Waals surface area contributed by atoms with Crippen molar-refractivity contribution in [1.82, 2.24) is 29.7 Å². The number of nitrogens with one attached hydrogen (secondary N) is 2. The fraction of sp³-hybridized carbons (Fsp3) is 0.450. The summed E-state index contributed by atoms with van der Waals surface area (Å²) in [5.74, 6) is -2.68. The number of alkyl carbamates (subject to hydrolysis) is 2. The average Bonchev–Trinajstić information content (AvgIpc) is 3.85. The van der Waals surface area contributed by atoms with Crippen molar-refractivity contribution >= 4 is 46.9 Å². The molecule has 2 aromatic heterocycles. The van der Waals surface area contributed by atoms with E-state index in [1.807, 2.05) is 0 Å². The maximum absolute atomic E-state index is 11.9. The normalized spacial score (nSPS) is 11.7. The fourth-order valence-corrected chi connectivity index (χ4v) is 4.97. The van der Waals surface area contributed by atoms with E-state index in [0.717, 1.165) is 24.3 Å². The van der Waals surface area contributed by atoms with Gasteiger partial charge in [-0.2, -0.15) is 0 Å². The lowest BCUT2D eigenvalue weighted by atomic mass is 10.1. The zero-order valence-electron chi connectivity index (χ0n) is 38.6. The van der Waals surface area contributed by atoms with Gasteiger partial charge in [-0.1, -0.05) is 0 Å². The molecule has 0 aliphatic carbocycles. The molecule has 0 saturated carbocycles. The number of hydrogen-bond acceptors (Lipinski definition) is 18. The quantitative estimate of drug-likeness (QED) is 0.0699. The van der Waals surface area contributed by atoms with Crippen LogP contribution in [0.5, 0.6) is 0 Å². The van der Waals surface area contributed by atoms with Gasteiger partial charge < -0.3 is 40.5 Å². The summed E-state index contributed by atoms with van der Waals surface area (Å²) in [6, 6.07) is 3.40. The van der Waals surface area contributed by atoms with Gasteiger partial charge >= 0.3 is 24.1 Å². The molecule has 0 bridgehead atoms. The summed E-state index contributed by atoms with van der Waals surface area (Å²) in [5, 5.41) is 83.8.